The van der Waals surface area contributed by atoms with E-state index < -0.39 is 10.0 Å². The standard InChI is InChI=1S/C9H14N2O2S/c1-7-5-8(3-4-9(7)10)6-14(12,13)11-2/h3-5,11H,6,10H2,1-2H3. The van der Waals surface area contributed by atoms with E-state index in [1.807, 2.05) is 6.92 Å². The number of rotatable bonds is 3. The number of benzene rings is 1. The van der Waals surface area contributed by atoms with Crippen LogP contribution in [0, 0.1) is 6.92 Å². The normalized spacial score (nSPS) is 11.6. The first-order valence-corrected chi connectivity index (χ1v) is 5.86. The fraction of sp³-hybridized carbons (Fsp3) is 0.333. The van der Waals surface area contributed by atoms with E-state index in [1.54, 1.807) is 18.2 Å². The topological polar surface area (TPSA) is 72.2 Å². The van der Waals surface area contributed by atoms with Crippen LogP contribution in [0.25, 0.3) is 0 Å². The highest BCUT2D eigenvalue weighted by atomic mass is 32.2. The summed E-state index contributed by atoms with van der Waals surface area (Å²) in [5.41, 5.74) is 7.94. The van der Waals surface area contributed by atoms with E-state index in [2.05, 4.69) is 4.72 Å². The first-order valence-electron chi connectivity index (χ1n) is 4.21. The maximum Gasteiger partial charge on any atom is 0.215 e. The molecule has 78 valence electrons. The monoisotopic (exact) mass is 214 g/mol. The van der Waals surface area contributed by atoms with Gasteiger partial charge in [0.1, 0.15) is 0 Å². The first kappa shape index (κ1) is 11.0. The molecule has 14 heavy (non-hydrogen) atoms. The minimum Gasteiger partial charge on any atom is -0.399 e. The maximum atomic E-state index is 11.2. The van der Waals surface area contributed by atoms with E-state index in [-0.39, 0.29) is 5.75 Å². The van der Waals surface area contributed by atoms with E-state index in [4.69, 9.17) is 5.73 Å². The van der Waals surface area contributed by atoms with Crippen LogP contribution in [0.15, 0.2) is 18.2 Å². The Hall–Kier alpha value is -1.07. The Morgan fingerprint density at radius 3 is 2.57 bits per heavy atom. The minimum atomic E-state index is -3.19. The van der Waals surface area contributed by atoms with Crippen LogP contribution >= 0.6 is 0 Å². The fourth-order valence-electron chi connectivity index (χ4n) is 1.12. The molecule has 1 rings (SSSR count). The summed E-state index contributed by atoms with van der Waals surface area (Å²) >= 11 is 0. The van der Waals surface area contributed by atoms with Crippen molar-refractivity contribution in [2.24, 2.45) is 0 Å². The van der Waals surface area contributed by atoms with E-state index in [0.29, 0.717) is 5.69 Å². The summed E-state index contributed by atoms with van der Waals surface area (Å²) in [5.74, 6) is -0.00931. The van der Waals surface area contributed by atoms with Crippen LogP contribution in [0.2, 0.25) is 0 Å². The molecule has 0 aromatic heterocycles. The number of sulfonamides is 1. The zero-order valence-electron chi connectivity index (χ0n) is 8.24. The maximum absolute atomic E-state index is 11.2. The smallest absolute Gasteiger partial charge is 0.215 e. The first-order chi connectivity index (χ1) is 6.44. The van der Waals surface area contributed by atoms with Gasteiger partial charge in [-0.1, -0.05) is 12.1 Å². The zero-order chi connectivity index (χ0) is 10.8. The van der Waals surface area contributed by atoms with Crippen molar-refractivity contribution >= 4 is 15.7 Å². The van der Waals surface area contributed by atoms with E-state index >= 15 is 0 Å². The predicted molar refractivity (Wildman–Crippen MR) is 57.3 cm³/mol. The van der Waals surface area contributed by atoms with Crippen LogP contribution in [0.5, 0.6) is 0 Å². The van der Waals surface area contributed by atoms with Gasteiger partial charge in [0.25, 0.3) is 0 Å². The molecule has 1 aromatic rings. The molecule has 4 nitrogen and oxygen atoms in total. The third kappa shape index (κ3) is 2.71. The molecule has 0 saturated carbocycles. The van der Waals surface area contributed by atoms with Gasteiger partial charge in [-0.3, -0.25) is 0 Å². The van der Waals surface area contributed by atoms with Crippen molar-refractivity contribution in [3.8, 4) is 0 Å². The second-order valence-corrected chi connectivity index (χ2v) is 5.08. The van der Waals surface area contributed by atoms with Crippen LogP contribution in [-0.4, -0.2) is 15.5 Å². The van der Waals surface area contributed by atoms with Gasteiger partial charge in [-0.05, 0) is 31.2 Å². The highest BCUT2D eigenvalue weighted by molar-refractivity contribution is 7.88. The van der Waals surface area contributed by atoms with Crippen molar-refractivity contribution in [2.75, 3.05) is 12.8 Å². The lowest BCUT2D eigenvalue weighted by atomic mass is 10.1. The molecule has 0 spiro atoms. The predicted octanol–water partition coefficient (Wildman–Crippen LogP) is 0.626. The summed E-state index contributed by atoms with van der Waals surface area (Å²) in [7, 11) is -1.79. The number of hydrogen-bond donors (Lipinski definition) is 2. The molecule has 0 fully saturated rings. The lowest BCUT2D eigenvalue weighted by Gasteiger charge is -2.05. The summed E-state index contributed by atoms with van der Waals surface area (Å²) in [6.07, 6.45) is 0. The summed E-state index contributed by atoms with van der Waals surface area (Å²) in [6.45, 7) is 1.85. The molecule has 3 N–H and O–H groups in total. The van der Waals surface area contributed by atoms with Crippen LogP contribution in [0.3, 0.4) is 0 Å². The molecule has 1 aromatic carbocycles. The summed E-state index contributed by atoms with van der Waals surface area (Å²) in [4.78, 5) is 0. The molecular weight excluding hydrogens is 200 g/mol. The third-order valence-corrected chi connectivity index (χ3v) is 3.34. The van der Waals surface area contributed by atoms with Gasteiger partial charge < -0.3 is 5.73 Å². The van der Waals surface area contributed by atoms with Gasteiger partial charge in [0, 0.05) is 5.69 Å². The van der Waals surface area contributed by atoms with E-state index in [1.165, 1.54) is 7.05 Å². The number of nitrogens with one attached hydrogen (secondary N) is 1. The van der Waals surface area contributed by atoms with Crippen LogP contribution < -0.4 is 10.5 Å². The molecule has 0 saturated heterocycles. The van der Waals surface area contributed by atoms with Crippen LogP contribution in [-0.2, 0) is 15.8 Å². The van der Waals surface area contributed by atoms with Gasteiger partial charge in [0.15, 0.2) is 0 Å². The van der Waals surface area contributed by atoms with E-state index in [0.717, 1.165) is 11.1 Å². The largest absolute Gasteiger partial charge is 0.399 e. The lowest BCUT2D eigenvalue weighted by molar-refractivity contribution is 0.587. The molecule has 0 amide bonds. The highest BCUT2D eigenvalue weighted by Crippen LogP contribution is 2.14. The SMILES string of the molecule is CNS(=O)(=O)Cc1ccc(N)c(C)c1. The second kappa shape index (κ2) is 3.98. The highest BCUT2D eigenvalue weighted by Gasteiger charge is 2.08. The van der Waals surface area contributed by atoms with Gasteiger partial charge in [0.05, 0.1) is 5.75 Å². The van der Waals surface area contributed by atoms with Crippen molar-refractivity contribution in [1.82, 2.24) is 4.72 Å². The Kier molecular flexibility index (Phi) is 3.13. The Labute approximate surface area is 84.2 Å². The molecular formula is C9H14N2O2S. The lowest BCUT2D eigenvalue weighted by Crippen LogP contribution is -2.20. The van der Waals surface area contributed by atoms with Crippen LogP contribution in [0.4, 0.5) is 5.69 Å². The second-order valence-electron chi connectivity index (χ2n) is 3.15. The quantitative estimate of drug-likeness (QED) is 0.725. The summed E-state index contributed by atoms with van der Waals surface area (Å²) in [5, 5.41) is 0. The molecule has 0 unspecified atom stereocenters. The van der Waals surface area contributed by atoms with Crippen molar-refractivity contribution in [3.05, 3.63) is 29.3 Å². The Morgan fingerprint density at radius 1 is 1.43 bits per heavy atom. The number of anilines is 1. The summed E-state index contributed by atoms with van der Waals surface area (Å²) < 4.78 is 24.7. The third-order valence-electron chi connectivity index (χ3n) is 2.00. The average molecular weight is 214 g/mol. The molecule has 0 radical (unpaired) electrons. The zero-order valence-corrected chi connectivity index (χ0v) is 9.06. The van der Waals surface area contributed by atoms with Crippen molar-refractivity contribution < 1.29 is 8.42 Å². The average Bonchev–Trinajstić information content (AvgIpc) is 2.11. The number of aryl methyl sites for hydroxylation is 1. The molecule has 5 heteroatoms. The number of nitrogens with two attached hydrogens (primary N) is 1. The Balaban J connectivity index is 2.94. The summed E-state index contributed by atoms with van der Waals surface area (Å²) in [6, 6.07) is 5.22. The molecule has 0 aliphatic rings. The molecule has 0 atom stereocenters. The van der Waals surface area contributed by atoms with Crippen molar-refractivity contribution in [1.29, 1.82) is 0 Å². The van der Waals surface area contributed by atoms with Crippen molar-refractivity contribution in [2.45, 2.75) is 12.7 Å². The fourth-order valence-corrected chi connectivity index (χ4v) is 1.88. The number of hydrogen-bond acceptors (Lipinski definition) is 3. The van der Waals surface area contributed by atoms with Crippen molar-refractivity contribution in [3.63, 3.8) is 0 Å². The Morgan fingerprint density at radius 2 is 2.07 bits per heavy atom. The minimum absolute atomic E-state index is 0.00931. The molecule has 0 aliphatic carbocycles. The number of nitrogen functional groups attached to an aromatic ring is 1. The Bertz CT molecular complexity index is 426. The van der Waals surface area contributed by atoms with Gasteiger partial charge >= 0.3 is 0 Å². The molecule has 0 heterocycles. The van der Waals surface area contributed by atoms with E-state index in [9.17, 15) is 8.42 Å². The molecule has 0 aliphatic heterocycles. The van der Waals surface area contributed by atoms with Gasteiger partial charge in [0.2, 0.25) is 10.0 Å². The van der Waals surface area contributed by atoms with Crippen LogP contribution in [0.1, 0.15) is 11.1 Å². The molecule has 0 bridgehead atoms. The van der Waals surface area contributed by atoms with Gasteiger partial charge in [-0.2, -0.15) is 0 Å². The van der Waals surface area contributed by atoms with Gasteiger partial charge in [-0.25, -0.2) is 13.1 Å². The van der Waals surface area contributed by atoms with Gasteiger partial charge in [-0.15, -0.1) is 0 Å².